The van der Waals surface area contributed by atoms with Gasteiger partial charge in [0, 0.05) is 34.6 Å². The smallest absolute Gasteiger partial charge is 0.125 e. The molecule has 0 atom stereocenters. The lowest BCUT2D eigenvalue weighted by molar-refractivity contribution is 0.924. The van der Waals surface area contributed by atoms with Gasteiger partial charge in [-0.15, -0.1) is 11.3 Å². The van der Waals surface area contributed by atoms with Crippen LogP contribution in [-0.4, -0.2) is 20.2 Å². The van der Waals surface area contributed by atoms with Crippen molar-refractivity contribution in [3.63, 3.8) is 0 Å². The highest BCUT2D eigenvalue weighted by atomic mass is 32.1. The number of nitrogens with two attached hydrogens (primary N) is 1. The van der Waals surface area contributed by atoms with Crippen LogP contribution in [0.5, 0.6) is 0 Å². The molecule has 2 heterocycles. The molecular formula is C15H16N4S2. The Balaban J connectivity index is 2.21. The van der Waals surface area contributed by atoms with Crippen LogP contribution in [0, 0.1) is 0 Å². The number of nitrogens with zero attached hydrogens (tertiary/aromatic N) is 2. The number of thiocarbonyl (C=S) groups is 1. The van der Waals surface area contributed by atoms with E-state index in [1.165, 1.54) is 5.56 Å². The highest BCUT2D eigenvalue weighted by Crippen LogP contribution is 2.32. The summed E-state index contributed by atoms with van der Waals surface area (Å²) in [6.07, 6.45) is 4.50. The van der Waals surface area contributed by atoms with Gasteiger partial charge in [0.1, 0.15) is 10.5 Å². The number of thiazole rings is 1. The van der Waals surface area contributed by atoms with E-state index in [1.807, 2.05) is 11.6 Å². The Hall–Kier alpha value is -1.79. The van der Waals surface area contributed by atoms with Crippen LogP contribution >= 0.6 is 23.6 Å². The molecule has 6 heteroatoms. The quantitative estimate of drug-likeness (QED) is 0.707. The molecule has 21 heavy (non-hydrogen) atoms. The summed E-state index contributed by atoms with van der Waals surface area (Å²) in [4.78, 5) is 4.89. The van der Waals surface area contributed by atoms with Gasteiger partial charge in [-0.2, -0.15) is 5.10 Å². The van der Waals surface area contributed by atoms with Crippen LogP contribution < -0.4 is 5.73 Å². The average Bonchev–Trinajstić information content (AvgIpc) is 3.08. The van der Waals surface area contributed by atoms with E-state index < -0.39 is 0 Å². The Morgan fingerprint density at radius 2 is 2.29 bits per heavy atom. The predicted molar refractivity (Wildman–Crippen MR) is 91.7 cm³/mol. The van der Waals surface area contributed by atoms with Gasteiger partial charge in [-0.1, -0.05) is 25.6 Å². The first-order valence-corrected chi connectivity index (χ1v) is 8.16. The normalized spacial score (nSPS) is 11.1. The number of benzene rings is 1. The van der Waals surface area contributed by atoms with E-state index in [2.05, 4.69) is 34.2 Å². The first-order chi connectivity index (χ1) is 10.2. The summed E-state index contributed by atoms with van der Waals surface area (Å²) in [5.41, 5.74) is 9.97. The first kappa shape index (κ1) is 14.2. The van der Waals surface area contributed by atoms with Gasteiger partial charge in [0.2, 0.25) is 0 Å². The summed E-state index contributed by atoms with van der Waals surface area (Å²) < 4.78 is 0. The Labute approximate surface area is 132 Å². The standard InChI is InChI=1S/C15H16N4S2/c1-2-3-9-6-10-12(8-13(16)20)18-19-14(10)11(7-9)15-17-4-5-21-15/h4-7H,2-3,8H2,1H3,(H2,16,20)(H,18,19). The second-order valence-corrected chi connectivity index (χ2v) is 6.39. The molecule has 0 aliphatic carbocycles. The Bertz CT molecular complexity index is 774. The lowest BCUT2D eigenvalue weighted by atomic mass is 10.0. The Kier molecular flexibility index (Phi) is 3.98. The summed E-state index contributed by atoms with van der Waals surface area (Å²) in [6.45, 7) is 2.18. The van der Waals surface area contributed by atoms with Gasteiger partial charge < -0.3 is 5.73 Å². The van der Waals surface area contributed by atoms with E-state index in [1.54, 1.807) is 11.3 Å². The second-order valence-electron chi connectivity index (χ2n) is 4.97. The molecule has 3 rings (SSSR count). The van der Waals surface area contributed by atoms with Gasteiger partial charge in [0.15, 0.2) is 0 Å². The van der Waals surface area contributed by atoms with Crippen molar-refractivity contribution in [2.75, 3.05) is 0 Å². The minimum atomic E-state index is 0.470. The summed E-state index contributed by atoms with van der Waals surface area (Å²) in [5, 5.41) is 11.6. The van der Waals surface area contributed by atoms with E-state index in [0.717, 1.165) is 40.0 Å². The largest absolute Gasteiger partial charge is 0.393 e. The third kappa shape index (κ3) is 2.82. The molecule has 4 nitrogen and oxygen atoms in total. The number of aryl methyl sites for hydroxylation is 1. The fourth-order valence-electron chi connectivity index (χ4n) is 2.49. The van der Waals surface area contributed by atoms with E-state index in [0.29, 0.717) is 11.4 Å². The average molecular weight is 316 g/mol. The number of aromatic nitrogens is 3. The van der Waals surface area contributed by atoms with E-state index in [4.69, 9.17) is 18.0 Å². The van der Waals surface area contributed by atoms with Crippen LogP contribution in [0.3, 0.4) is 0 Å². The Morgan fingerprint density at radius 1 is 1.43 bits per heavy atom. The minimum Gasteiger partial charge on any atom is -0.393 e. The molecule has 0 spiro atoms. The number of aromatic amines is 1. The zero-order chi connectivity index (χ0) is 14.8. The summed E-state index contributed by atoms with van der Waals surface area (Å²) in [6, 6.07) is 4.38. The molecule has 108 valence electrons. The van der Waals surface area contributed by atoms with Crippen molar-refractivity contribution in [1.82, 2.24) is 15.2 Å². The zero-order valence-corrected chi connectivity index (χ0v) is 13.4. The van der Waals surface area contributed by atoms with E-state index in [9.17, 15) is 0 Å². The molecule has 0 unspecified atom stereocenters. The van der Waals surface area contributed by atoms with Gasteiger partial charge in [0.25, 0.3) is 0 Å². The van der Waals surface area contributed by atoms with Crippen molar-refractivity contribution < 1.29 is 0 Å². The highest BCUT2D eigenvalue weighted by molar-refractivity contribution is 7.80. The van der Waals surface area contributed by atoms with Crippen molar-refractivity contribution in [3.8, 4) is 10.6 Å². The summed E-state index contributed by atoms with van der Waals surface area (Å²) in [5.74, 6) is 0. The van der Waals surface area contributed by atoms with Crippen LogP contribution in [0.1, 0.15) is 24.6 Å². The fourth-order valence-corrected chi connectivity index (χ4v) is 3.29. The van der Waals surface area contributed by atoms with E-state index in [-0.39, 0.29) is 0 Å². The lowest BCUT2D eigenvalue weighted by Crippen LogP contribution is -2.11. The van der Waals surface area contributed by atoms with Gasteiger partial charge in [0.05, 0.1) is 4.99 Å². The lowest BCUT2D eigenvalue weighted by Gasteiger charge is -2.05. The van der Waals surface area contributed by atoms with Crippen LogP contribution in [0.4, 0.5) is 0 Å². The summed E-state index contributed by atoms with van der Waals surface area (Å²) >= 11 is 6.65. The zero-order valence-electron chi connectivity index (χ0n) is 11.7. The maximum absolute atomic E-state index is 5.68. The first-order valence-electron chi connectivity index (χ1n) is 6.87. The van der Waals surface area contributed by atoms with Crippen molar-refractivity contribution in [3.05, 3.63) is 35.0 Å². The van der Waals surface area contributed by atoms with Crippen molar-refractivity contribution in [2.24, 2.45) is 5.73 Å². The second kappa shape index (κ2) is 5.91. The number of rotatable bonds is 5. The molecule has 3 aromatic rings. The molecule has 0 saturated carbocycles. The number of nitrogens with one attached hydrogen (secondary N) is 1. The van der Waals surface area contributed by atoms with Crippen molar-refractivity contribution in [1.29, 1.82) is 0 Å². The third-order valence-electron chi connectivity index (χ3n) is 3.35. The maximum Gasteiger partial charge on any atom is 0.125 e. The Morgan fingerprint density at radius 3 is 2.95 bits per heavy atom. The molecule has 0 bridgehead atoms. The van der Waals surface area contributed by atoms with Crippen LogP contribution in [0.15, 0.2) is 23.7 Å². The fraction of sp³-hybridized carbons (Fsp3) is 0.267. The van der Waals surface area contributed by atoms with Gasteiger partial charge in [-0.25, -0.2) is 4.98 Å². The third-order valence-corrected chi connectivity index (χ3v) is 4.30. The molecule has 0 aliphatic heterocycles. The minimum absolute atomic E-state index is 0.470. The van der Waals surface area contributed by atoms with Crippen molar-refractivity contribution >= 4 is 39.4 Å². The molecule has 0 amide bonds. The molecule has 0 aliphatic rings. The van der Waals surface area contributed by atoms with Crippen LogP contribution in [0.25, 0.3) is 21.5 Å². The monoisotopic (exact) mass is 316 g/mol. The van der Waals surface area contributed by atoms with E-state index >= 15 is 0 Å². The predicted octanol–water partition coefficient (Wildman–Crippen LogP) is 3.47. The molecule has 3 N–H and O–H groups in total. The molecule has 2 aromatic heterocycles. The molecule has 0 radical (unpaired) electrons. The van der Waals surface area contributed by atoms with Gasteiger partial charge >= 0.3 is 0 Å². The highest BCUT2D eigenvalue weighted by Gasteiger charge is 2.14. The number of hydrogen-bond acceptors (Lipinski definition) is 4. The number of fused-ring (bicyclic) bond motifs is 1. The number of H-pyrrole nitrogens is 1. The van der Waals surface area contributed by atoms with Crippen LogP contribution in [-0.2, 0) is 12.8 Å². The van der Waals surface area contributed by atoms with Crippen LogP contribution in [0.2, 0.25) is 0 Å². The maximum atomic E-state index is 5.68. The number of hydrogen-bond donors (Lipinski definition) is 2. The summed E-state index contributed by atoms with van der Waals surface area (Å²) in [7, 11) is 0. The van der Waals surface area contributed by atoms with Gasteiger partial charge in [-0.3, -0.25) is 5.10 Å². The molecule has 1 aromatic carbocycles. The van der Waals surface area contributed by atoms with Crippen molar-refractivity contribution in [2.45, 2.75) is 26.2 Å². The molecular weight excluding hydrogens is 300 g/mol. The molecule has 0 fully saturated rings. The SMILES string of the molecule is CCCc1cc(-c2nccs2)c2n[nH]c(CC(N)=S)c2c1. The van der Waals surface area contributed by atoms with Gasteiger partial charge in [-0.05, 0) is 24.1 Å². The topological polar surface area (TPSA) is 67.6 Å². The molecule has 0 saturated heterocycles.